The monoisotopic (exact) mass is 477 g/mol. The van der Waals surface area contributed by atoms with Gasteiger partial charge in [-0.25, -0.2) is 17.9 Å². The lowest BCUT2D eigenvalue weighted by Gasteiger charge is -2.11. The summed E-state index contributed by atoms with van der Waals surface area (Å²) in [5.41, 5.74) is 0.880. The molecule has 3 aromatic rings. The lowest BCUT2D eigenvalue weighted by Crippen LogP contribution is -2.31. The van der Waals surface area contributed by atoms with E-state index in [1.54, 1.807) is 24.3 Å². The van der Waals surface area contributed by atoms with Crippen LogP contribution in [0.5, 0.6) is 0 Å². The molecule has 0 spiro atoms. The Kier molecular flexibility index (Phi) is 6.85. The zero-order chi connectivity index (χ0) is 22.6. The Morgan fingerprint density at radius 1 is 1.12 bits per heavy atom. The van der Waals surface area contributed by atoms with Gasteiger partial charge in [0, 0.05) is 23.7 Å². The van der Waals surface area contributed by atoms with Crippen molar-refractivity contribution in [1.82, 2.24) is 14.9 Å². The Morgan fingerprint density at radius 2 is 1.88 bits per heavy atom. The second kappa shape index (κ2) is 9.78. The third-order valence-corrected chi connectivity index (χ3v) is 6.50. The van der Waals surface area contributed by atoms with Crippen LogP contribution in [0.15, 0.2) is 57.8 Å². The number of carbonyl (C=O) groups is 1. The van der Waals surface area contributed by atoms with Gasteiger partial charge in [-0.3, -0.25) is 0 Å². The molecule has 0 amide bonds. The van der Waals surface area contributed by atoms with Crippen LogP contribution >= 0.6 is 11.6 Å². The van der Waals surface area contributed by atoms with Gasteiger partial charge < -0.3 is 13.9 Å². The summed E-state index contributed by atoms with van der Waals surface area (Å²) in [6, 6.07) is 12.3. The Bertz CT molecular complexity index is 1170. The van der Waals surface area contributed by atoms with Crippen molar-refractivity contribution in [2.45, 2.75) is 30.4 Å². The van der Waals surface area contributed by atoms with Crippen molar-refractivity contribution in [3.8, 4) is 11.5 Å². The van der Waals surface area contributed by atoms with Crippen LogP contribution in [-0.2, 0) is 26.1 Å². The number of rotatable bonds is 8. The van der Waals surface area contributed by atoms with Crippen LogP contribution < -0.4 is 4.72 Å². The molecule has 1 fully saturated rings. The van der Waals surface area contributed by atoms with Crippen molar-refractivity contribution >= 4 is 27.6 Å². The van der Waals surface area contributed by atoms with E-state index in [1.165, 1.54) is 24.3 Å². The highest BCUT2D eigenvalue weighted by atomic mass is 35.5. The van der Waals surface area contributed by atoms with E-state index < -0.39 is 16.0 Å². The predicted molar refractivity (Wildman–Crippen MR) is 114 cm³/mol. The normalized spacial score (nSPS) is 16.2. The first-order chi connectivity index (χ1) is 15.4. The number of esters is 1. The topological polar surface area (TPSA) is 121 Å². The molecule has 1 atom stereocenters. The minimum atomic E-state index is -3.70. The van der Waals surface area contributed by atoms with E-state index >= 15 is 0 Å². The number of carbonyl (C=O) groups excluding carboxylic acids is 1. The van der Waals surface area contributed by atoms with E-state index in [9.17, 15) is 13.2 Å². The Balaban J connectivity index is 1.32. The van der Waals surface area contributed by atoms with Gasteiger partial charge in [0.25, 0.3) is 5.89 Å². The summed E-state index contributed by atoms with van der Waals surface area (Å²) in [4.78, 5) is 12.3. The van der Waals surface area contributed by atoms with E-state index in [2.05, 4.69) is 14.9 Å². The molecular weight excluding hydrogens is 458 g/mol. The molecule has 0 saturated carbocycles. The fourth-order valence-corrected chi connectivity index (χ4v) is 4.29. The van der Waals surface area contributed by atoms with Crippen LogP contribution in [0.2, 0.25) is 5.02 Å². The van der Waals surface area contributed by atoms with E-state index in [0.29, 0.717) is 17.2 Å². The summed E-state index contributed by atoms with van der Waals surface area (Å²) in [7, 11) is -3.70. The van der Waals surface area contributed by atoms with Gasteiger partial charge in [-0.2, -0.15) is 0 Å². The maximum Gasteiger partial charge on any atom is 0.338 e. The molecular formula is C21H20ClN3O6S. The highest BCUT2D eigenvalue weighted by Gasteiger charge is 2.21. The van der Waals surface area contributed by atoms with Gasteiger partial charge in [0.05, 0.1) is 16.6 Å². The fraction of sp³-hybridized carbons (Fsp3) is 0.286. The number of ether oxygens (including phenoxy) is 2. The molecule has 4 rings (SSSR count). The van der Waals surface area contributed by atoms with Gasteiger partial charge in [-0.1, -0.05) is 11.6 Å². The van der Waals surface area contributed by atoms with Gasteiger partial charge in [-0.05, 0) is 61.4 Å². The quantitative estimate of drug-likeness (QED) is 0.491. The standard InChI is InChI=1S/C21H20ClN3O6S/c22-16-7-3-14(4-8-16)20-25-24-19(31-20)13-30-21(26)15-5-9-18(10-6-15)32(27,28)23-12-17-2-1-11-29-17/h3-10,17,23H,1-2,11-13H2. The van der Waals surface area contributed by atoms with Crippen LogP contribution in [0.25, 0.3) is 11.5 Å². The average Bonchev–Trinajstić information content (AvgIpc) is 3.49. The first-order valence-corrected chi connectivity index (χ1v) is 11.7. The zero-order valence-corrected chi connectivity index (χ0v) is 18.4. The first-order valence-electron chi connectivity index (χ1n) is 9.87. The minimum absolute atomic E-state index is 0.0524. The second-order valence-corrected chi connectivity index (χ2v) is 9.30. The Hall–Kier alpha value is -2.79. The molecule has 1 unspecified atom stereocenters. The van der Waals surface area contributed by atoms with Crippen LogP contribution in [0.1, 0.15) is 29.1 Å². The van der Waals surface area contributed by atoms with E-state index in [4.69, 9.17) is 25.5 Å². The third-order valence-electron chi connectivity index (χ3n) is 4.81. The number of hydrogen-bond acceptors (Lipinski definition) is 8. The third kappa shape index (κ3) is 5.52. The van der Waals surface area contributed by atoms with Gasteiger partial charge in [0.15, 0.2) is 6.61 Å². The van der Waals surface area contributed by atoms with E-state index in [0.717, 1.165) is 12.8 Å². The van der Waals surface area contributed by atoms with Gasteiger partial charge in [0.1, 0.15) is 0 Å². The van der Waals surface area contributed by atoms with Crippen molar-refractivity contribution in [2.24, 2.45) is 0 Å². The van der Waals surface area contributed by atoms with Crippen molar-refractivity contribution < 1.29 is 27.1 Å². The number of benzene rings is 2. The van der Waals surface area contributed by atoms with Crippen LogP contribution in [0, 0.1) is 0 Å². The lowest BCUT2D eigenvalue weighted by atomic mass is 10.2. The molecule has 1 N–H and O–H groups in total. The van der Waals surface area contributed by atoms with Crippen LogP contribution in [0.3, 0.4) is 0 Å². The molecule has 2 heterocycles. The molecule has 1 aromatic heterocycles. The molecule has 0 bridgehead atoms. The number of sulfonamides is 1. The molecule has 11 heteroatoms. The first kappa shape index (κ1) is 22.4. The Morgan fingerprint density at radius 3 is 2.56 bits per heavy atom. The smallest absolute Gasteiger partial charge is 0.338 e. The molecule has 1 aliphatic rings. The van der Waals surface area contributed by atoms with Gasteiger partial charge in [-0.15, -0.1) is 10.2 Å². The predicted octanol–water partition coefficient (Wildman–Crippen LogP) is 3.20. The summed E-state index contributed by atoms with van der Waals surface area (Å²) < 4.78 is 43.4. The molecule has 1 aliphatic heterocycles. The van der Waals surface area contributed by atoms with Crippen molar-refractivity contribution in [3.63, 3.8) is 0 Å². The largest absolute Gasteiger partial charge is 0.452 e. The summed E-state index contributed by atoms with van der Waals surface area (Å²) in [6.45, 7) is 0.645. The molecule has 0 radical (unpaired) electrons. The van der Waals surface area contributed by atoms with Crippen molar-refractivity contribution in [2.75, 3.05) is 13.2 Å². The fourth-order valence-electron chi connectivity index (χ4n) is 3.09. The average molecular weight is 478 g/mol. The lowest BCUT2D eigenvalue weighted by molar-refractivity contribution is 0.0438. The number of nitrogens with one attached hydrogen (secondary N) is 1. The van der Waals surface area contributed by atoms with E-state index in [1.807, 2.05) is 0 Å². The summed E-state index contributed by atoms with van der Waals surface area (Å²) in [6.07, 6.45) is 1.65. The summed E-state index contributed by atoms with van der Waals surface area (Å²) in [5, 5.41) is 8.36. The number of hydrogen-bond donors (Lipinski definition) is 1. The van der Waals surface area contributed by atoms with Crippen molar-refractivity contribution in [3.05, 3.63) is 65.0 Å². The van der Waals surface area contributed by atoms with Crippen LogP contribution in [-0.4, -0.2) is 43.8 Å². The molecule has 32 heavy (non-hydrogen) atoms. The highest BCUT2D eigenvalue weighted by Crippen LogP contribution is 2.21. The van der Waals surface area contributed by atoms with Gasteiger partial charge >= 0.3 is 5.97 Å². The molecule has 1 saturated heterocycles. The SMILES string of the molecule is O=C(OCc1nnc(-c2ccc(Cl)cc2)o1)c1ccc(S(=O)(=O)NCC2CCCO2)cc1. The summed E-state index contributed by atoms with van der Waals surface area (Å²) >= 11 is 5.86. The highest BCUT2D eigenvalue weighted by molar-refractivity contribution is 7.89. The second-order valence-electron chi connectivity index (χ2n) is 7.10. The molecule has 2 aromatic carbocycles. The number of nitrogens with zero attached hydrogens (tertiary/aromatic N) is 2. The van der Waals surface area contributed by atoms with Crippen molar-refractivity contribution in [1.29, 1.82) is 0 Å². The maximum atomic E-state index is 12.4. The minimum Gasteiger partial charge on any atom is -0.452 e. The maximum absolute atomic E-state index is 12.4. The van der Waals surface area contributed by atoms with Crippen LogP contribution in [0.4, 0.5) is 0 Å². The summed E-state index contributed by atoms with van der Waals surface area (Å²) in [5.74, 6) is -0.244. The number of halogens is 1. The zero-order valence-electron chi connectivity index (χ0n) is 16.9. The van der Waals surface area contributed by atoms with E-state index in [-0.39, 0.29) is 41.5 Å². The Labute approximate surface area is 189 Å². The molecule has 0 aliphatic carbocycles. The molecule has 168 valence electrons. The van der Waals surface area contributed by atoms with Gasteiger partial charge in [0.2, 0.25) is 15.9 Å². The number of aromatic nitrogens is 2. The molecule has 9 nitrogen and oxygen atoms in total.